The number of para-hydroxylation sites is 1. The van der Waals surface area contributed by atoms with Crippen LogP contribution in [-0.2, 0) is 6.42 Å². The summed E-state index contributed by atoms with van der Waals surface area (Å²) in [5.74, 6) is 2.00. The van der Waals surface area contributed by atoms with Crippen molar-refractivity contribution in [1.29, 1.82) is 0 Å². The van der Waals surface area contributed by atoms with E-state index in [4.69, 9.17) is 4.74 Å². The van der Waals surface area contributed by atoms with E-state index in [0.717, 1.165) is 37.2 Å². The van der Waals surface area contributed by atoms with Gasteiger partial charge in [0.1, 0.15) is 5.75 Å². The monoisotopic (exact) mass is 354 g/mol. The molecule has 138 valence electrons. The molecule has 0 radical (unpaired) electrons. The van der Waals surface area contributed by atoms with E-state index in [1.807, 2.05) is 29.2 Å². The van der Waals surface area contributed by atoms with Crippen molar-refractivity contribution in [3.05, 3.63) is 47.8 Å². The van der Waals surface area contributed by atoms with Gasteiger partial charge in [-0.2, -0.15) is 0 Å². The summed E-state index contributed by atoms with van der Waals surface area (Å²) in [5, 5.41) is 3.19. The molecule has 0 saturated carbocycles. The molecular weight excluding hydrogens is 328 g/mol. The van der Waals surface area contributed by atoms with Crippen LogP contribution in [0.3, 0.4) is 0 Å². The fourth-order valence-electron chi connectivity index (χ4n) is 3.30. The summed E-state index contributed by atoms with van der Waals surface area (Å²) < 4.78 is 5.35. The molecule has 3 rings (SSSR count). The second kappa shape index (κ2) is 8.65. The van der Waals surface area contributed by atoms with Gasteiger partial charge >= 0.3 is 0 Å². The lowest BCUT2D eigenvalue weighted by Gasteiger charge is -2.30. The fraction of sp³-hybridized carbons (Fsp3) is 0.450. The molecular formula is C20H26N4O2. The molecule has 2 heterocycles. The molecule has 6 nitrogen and oxygen atoms in total. The molecule has 1 atom stereocenters. The van der Waals surface area contributed by atoms with Crippen molar-refractivity contribution < 1.29 is 9.53 Å². The summed E-state index contributed by atoms with van der Waals surface area (Å²) in [7, 11) is 1.67. The lowest BCUT2D eigenvalue weighted by Crippen LogP contribution is -2.39. The van der Waals surface area contributed by atoms with Crippen LogP contribution in [-0.4, -0.2) is 47.5 Å². The van der Waals surface area contributed by atoms with Gasteiger partial charge < -0.3 is 15.0 Å². The first-order valence-electron chi connectivity index (χ1n) is 9.14. The Morgan fingerprint density at radius 2 is 2.08 bits per heavy atom. The maximum absolute atomic E-state index is 12.5. The van der Waals surface area contributed by atoms with Crippen LogP contribution in [0.25, 0.3) is 0 Å². The number of carbonyl (C=O) groups excluding carboxylic acids is 1. The number of anilines is 1. The second-order valence-corrected chi connectivity index (χ2v) is 6.78. The summed E-state index contributed by atoms with van der Waals surface area (Å²) >= 11 is 0. The number of ether oxygens (including phenoxy) is 1. The van der Waals surface area contributed by atoms with Gasteiger partial charge in [-0.1, -0.05) is 25.1 Å². The molecule has 1 aliphatic rings. The second-order valence-electron chi connectivity index (χ2n) is 6.78. The summed E-state index contributed by atoms with van der Waals surface area (Å²) in [6, 6.07) is 7.95. The van der Waals surface area contributed by atoms with Crippen molar-refractivity contribution >= 4 is 11.9 Å². The average Bonchev–Trinajstić information content (AvgIpc) is 2.68. The van der Waals surface area contributed by atoms with Crippen LogP contribution in [0.1, 0.15) is 35.7 Å². The Morgan fingerprint density at radius 1 is 1.31 bits per heavy atom. The van der Waals surface area contributed by atoms with Gasteiger partial charge in [0, 0.05) is 32.0 Å². The van der Waals surface area contributed by atoms with E-state index in [0.29, 0.717) is 24.0 Å². The van der Waals surface area contributed by atoms with Crippen molar-refractivity contribution in [1.82, 2.24) is 14.9 Å². The zero-order valence-corrected chi connectivity index (χ0v) is 15.4. The summed E-state index contributed by atoms with van der Waals surface area (Å²) in [6.45, 7) is 4.52. The smallest absolute Gasteiger partial charge is 0.257 e. The van der Waals surface area contributed by atoms with Crippen LogP contribution < -0.4 is 10.1 Å². The first kappa shape index (κ1) is 18.2. The average molecular weight is 354 g/mol. The van der Waals surface area contributed by atoms with Crippen LogP contribution in [0, 0.1) is 5.92 Å². The molecule has 0 bridgehead atoms. The molecule has 2 aromatic rings. The number of carbonyl (C=O) groups is 1. The zero-order valence-electron chi connectivity index (χ0n) is 15.4. The Bertz CT molecular complexity index is 733. The van der Waals surface area contributed by atoms with Gasteiger partial charge in [0.25, 0.3) is 5.91 Å². The third-order valence-corrected chi connectivity index (χ3v) is 4.71. The molecule has 1 saturated heterocycles. The quantitative estimate of drug-likeness (QED) is 0.864. The van der Waals surface area contributed by atoms with Crippen LogP contribution in [0.4, 0.5) is 5.95 Å². The number of nitrogens with zero attached hydrogens (tertiary/aromatic N) is 3. The van der Waals surface area contributed by atoms with Crippen LogP contribution >= 0.6 is 0 Å². The van der Waals surface area contributed by atoms with E-state index in [1.54, 1.807) is 19.5 Å². The van der Waals surface area contributed by atoms with Crippen molar-refractivity contribution in [2.75, 3.05) is 32.1 Å². The Kier molecular flexibility index (Phi) is 6.04. The minimum atomic E-state index is 0.0251. The standard InChI is InChI=1S/C20H26N4O2/c1-15-6-5-11-24(14-15)19(25)17-12-22-20(23-13-17)21-10-9-16-7-3-4-8-18(16)26-2/h3-4,7-8,12-13,15H,5-6,9-11,14H2,1-2H3,(H,21,22,23). The summed E-state index contributed by atoms with van der Waals surface area (Å²) in [5.41, 5.74) is 1.68. The van der Waals surface area contributed by atoms with Gasteiger partial charge in [-0.15, -0.1) is 0 Å². The number of hydrogen-bond donors (Lipinski definition) is 1. The number of benzene rings is 1. The highest BCUT2D eigenvalue weighted by atomic mass is 16.5. The van der Waals surface area contributed by atoms with Gasteiger partial charge in [-0.25, -0.2) is 9.97 Å². The first-order valence-corrected chi connectivity index (χ1v) is 9.14. The molecule has 1 unspecified atom stereocenters. The van der Waals surface area contributed by atoms with E-state index in [1.165, 1.54) is 6.42 Å². The molecule has 6 heteroatoms. The molecule has 1 aromatic carbocycles. The maximum Gasteiger partial charge on any atom is 0.257 e. The van der Waals surface area contributed by atoms with Gasteiger partial charge in [0.15, 0.2) is 0 Å². The number of piperidine rings is 1. The minimum Gasteiger partial charge on any atom is -0.496 e. The van der Waals surface area contributed by atoms with Crippen LogP contribution in [0.5, 0.6) is 5.75 Å². The Balaban J connectivity index is 1.53. The number of hydrogen-bond acceptors (Lipinski definition) is 5. The highest BCUT2D eigenvalue weighted by Gasteiger charge is 2.22. The van der Waals surface area contributed by atoms with Crippen molar-refractivity contribution in [3.63, 3.8) is 0 Å². The van der Waals surface area contributed by atoms with E-state index < -0.39 is 0 Å². The van der Waals surface area contributed by atoms with E-state index in [9.17, 15) is 4.79 Å². The number of likely N-dealkylation sites (tertiary alicyclic amines) is 1. The number of amides is 1. The molecule has 1 aliphatic heterocycles. The zero-order chi connectivity index (χ0) is 18.4. The lowest BCUT2D eigenvalue weighted by molar-refractivity contribution is 0.0682. The highest BCUT2D eigenvalue weighted by Crippen LogP contribution is 2.19. The van der Waals surface area contributed by atoms with E-state index >= 15 is 0 Å². The van der Waals surface area contributed by atoms with E-state index in [2.05, 4.69) is 22.2 Å². The molecule has 0 aliphatic carbocycles. The first-order chi connectivity index (χ1) is 12.7. The van der Waals surface area contributed by atoms with Crippen molar-refractivity contribution in [2.24, 2.45) is 5.92 Å². The number of nitrogens with one attached hydrogen (secondary N) is 1. The van der Waals surface area contributed by atoms with Crippen molar-refractivity contribution in [2.45, 2.75) is 26.2 Å². The Labute approximate surface area is 154 Å². The van der Waals surface area contributed by atoms with Gasteiger partial charge in [-0.05, 0) is 36.8 Å². The predicted octanol–water partition coefficient (Wildman–Crippen LogP) is 3.01. The van der Waals surface area contributed by atoms with E-state index in [-0.39, 0.29) is 5.91 Å². The van der Waals surface area contributed by atoms with Gasteiger partial charge in [0.2, 0.25) is 5.95 Å². The predicted molar refractivity (Wildman–Crippen MR) is 102 cm³/mol. The fourth-order valence-corrected chi connectivity index (χ4v) is 3.30. The largest absolute Gasteiger partial charge is 0.496 e. The topological polar surface area (TPSA) is 67.3 Å². The number of methoxy groups -OCH3 is 1. The molecule has 1 N–H and O–H groups in total. The summed E-state index contributed by atoms with van der Waals surface area (Å²) in [4.78, 5) is 23.0. The lowest BCUT2D eigenvalue weighted by atomic mass is 10.00. The Hall–Kier alpha value is -2.63. The van der Waals surface area contributed by atoms with Gasteiger partial charge in [-0.3, -0.25) is 4.79 Å². The summed E-state index contributed by atoms with van der Waals surface area (Å²) in [6.07, 6.45) is 6.28. The number of aromatic nitrogens is 2. The third kappa shape index (κ3) is 4.50. The minimum absolute atomic E-state index is 0.0251. The molecule has 1 aromatic heterocycles. The number of rotatable bonds is 6. The maximum atomic E-state index is 12.5. The SMILES string of the molecule is COc1ccccc1CCNc1ncc(C(=O)N2CCCC(C)C2)cn1. The molecule has 26 heavy (non-hydrogen) atoms. The molecule has 1 fully saturated rings. The molecule has 0 spiro atoms. The van der Waals surface area contributed by atoms with Crippen molar-refractivity contribution in [3.8, 4) is 5.75 Å². The highest BCUT2D eigenvalue weighted by molar-refractivity contribution is 5.93. The Morgan fingerprint density at radius 3 is 2.81 bits per heavy atom. The normalized spacial score (nSPS) is 17.0. The molecule has 1 amide bonds. The third-order valence-electron chi connectivity index (χ3n) is 4.71. The van der Waals surface area contributed by atoms with Crippen LogP contribution in [0.2, 0.25) is 0 Å². The van der Waals surface area contributed by atoms with Crippen LogP contribution in [0.15, 0.2) is 36.7 Å². The van der Waals surface area contributed by atoms with Gasteiger partial charge in [0.05, 0.1) is 12.7 Å².